The fourth-order valence-electron chi connectivity index (χ4n) is 1.11. The molecule has 1 aromatic rings. The zero-order valence-corrected chi connectivity index (χ0v) is 8.73. The lowest BCUT2D eigenvalue weighted by molar-refractivity contribution is 0.362. The molecule has 0 unspecified atom stereocenters. The minimum Gasteiger partial charge on any atom is -0.490 e. The van der Waals surface area contributed by atoms with Crippen LogP contribution in [0.1, 0.15) is 19.4 Å². The van der Waals surface area contributed by atoms with E-state index in [0.717, 1.165) is 5.75 Å². The van der Waals surface area contributed by atoms with Gasteiger partial charge in [0.25, 0.3) is 0 Å². The third-order valence-corrected chi connectivity index (χ3v) is 1.82. The SMILES string of the molecule is CC=CCOc1ccc(C=CC)cc1. The van der Waals surface area contributed by atoms with Gasteiger partial charge in [0.05, 0.1) is 0 Å². The monoisotopic (exact) mass is 188 g/mol. The van der Waals surface area contributed by atoms with Crippen LogP contribution in [0.4, 0.5) is 0 Å². The molecule has 0 bridgehead atoms. The molecule has 0 amide bonds. The van der Waals surface area contributed by atoms with Gasteiger partial charge in [0.2, 0.25) is 0 Å². The highest BCUT2D eigenvalue weighted by atomic mass is 16.5. The topological polar surface area (TPSA) is 9.23 Å². The van der Waals surface area contributed by atoms with Gasteiger partial charge in [0.15, 0.2) is 0 Å². The van der Waals surface area contributed by atoms with E-state index in [-0.39, 0.29) is 0 Å². The number of benzene rings is 1. The van der Waals surface area contributed by atoms with E-state index in [1.54, 1.807) is 0 Å². The molecule has 0 fully saturated rings. The zero-order valence-electron chi connectivity index (χ0n) is 8.73. The summed E-state index contributed by atoms with van der Waals surface area (Å²) >= 11 is 0. The summed E-state index contributed by atoms with van der Waals surface area (Å²) in [6, 6.07) is 8.06. The highest BCUT2D eigenvalue weighted by Gasteiger charge is 1.90. The van der Waals surface area contributed by atoms with Gasteiger partial charge in [-0.1, -0.05) is 36.4 Å². The summed E-state index contributed by atoms with van der Waals surface area (Å²) in [5.41, 5.74) is 1.20. The second-order valence-corrected chi connectivity index (χ2v) is 2.95. The lowest BCUT2D eigenvalue weighted by Gasteiger charge is -2.02. The summed E-state index contributed by atoms with van der Waals surface area (Å²) in [5, 5.41) is 0. The number of hydrogen-bond donors (Lipinski definition) is 0. The van der Waals surface area contributed by atoms with Crippen molar-refractivity contribution in [3.8, 4) is 5.75 Å². The first-order valence-electron chi connectivity index (χ1n) is 4.83. The Labute approximate surface area is 85.7 Å². The first-order chi connectivity index (χ1) is 6.86. The molecule has 14 heavy (non-hydrogen) atoms. The molecular formula is C13H16O. The molecular weight excluding hydrogens is 172 g/mol. The summed E-state index contributed by atoms with van der Waals surface area (Å²) in [6.07, 6.45) is 8.06. The van der Waals surface area contributed by atoms with Gasteiger partial charge in [-0.25, -0.2) is 0 Å². The third-order valence-electron chi connectivity index (χ3n) is 1.82. The number of allylic oxidation sites excluding steroid dienone is 2. The van der Waals surface area contributed by atoms with Crippen molar-refractivity contribution in [1.82, 2.24) is 0 Å². The van der Waals surface area contributed by atoms with Crippen LogP contribution in [0.15, 0.2) is 42.5 Å². The molecule has 74 valence electrons. The van der Waals surface area contributed by atoms with Crippen LogP contribution in [0.5, 0.6) is 5.75 Å². The lowest BCUT2D eigenvalue weighted by atomic mass is 10.2. The third kappa shape index (κ3) is 3.48. The average molecular weight is 188 g/mol. The molecule has 0 saturated heterocycles. The smallest absolute Gasteiger partial charge is 0.119 e. The number of rotatable bonds is 4. The van der Waals surface area contributed by atoms with Gasteiger partial charge in [-0.2, -0.15) is 0 Å². The quantitative estimate of drug-likeness (QED) is 0.655. The van der Waals surface area contributed by atoms with Crippen molar-refractivity contribution in [3.63, 3.8) is 0 Å². The van der Waals surface area contributed by atoms with Crippen molar-refractivity contribution in [1.29, 1.82) is 0 Å². The maximum absolute atomic E-state index is 5.47. The van der Waals surface area contributed by atoms with Crippen LogP contribution in [-0.4, -0.2) is 6.61 Å². The predicted octanol–water partition coefficient (Wildman–Crippen LogP) is 3.67. The van der Waals surface area contributed by atoms with Gasteiger partial charge in [0.1, 0.15) is 12.4 Å². The summed E-state index contributed by atoms with van der Waals surface area (Å²) in [7, 11) is 0. The fourth-order valence-corrected chi connectivity index (χ4v) is 1.11. The second kappa shape index (κ2) is 6.03. The second-order valence-electron chi connectivity index (χ2n) is 2.95. The van der Waals surface area contributed by atoms with E-state index in [2.05, 4.69) is 6.08 Å². The zero-order chi connectivity index (χ0) is 10.2. The molecule has 0 saturated carbocycles. The summed E-state index contributed by atoms with van der Waals surface area (Å²) in [5.74, 6) is 0.913. The van der Waals surface area contributed by atoms with E-state index >= 15 is 0 Å². The highest BCUT2D eigenvalue weighted by Crippen LogP contribution is 2.12. The molecule has 1 rings (SSSR count). The Kier molecular flexibility index (Phi) is 4.56. The van der Waals surface area contributed by atoms with Gasteiger partial charge in [-0.3, -0.25) is 0 Å². The van der Waals surface area contributed by atoms with E-state index < -0.39 is 0 Å². The van der Waals surface area contributed by atoms with Crippen molar-refractivity contribution >= 4 is 6.08 Å². The number of hydrogen-bond acceptors (Lipinski definition) is 1. The molecule has 1 heteroatoms. The largest absolute Gasteiger partial charge is 0.490 e. The van der Waals surface area contributed by atoms with Crippen molar-refractivity contribution in [2.24, 2.45) is 0 Å². The predicted molar refractivity (Wildman–Crippen MR) is 61.5 cm³/mol. The maximum Gasteiger partial charge on any atom is 0.119 e. The molecule has 0 aliphatic carbocycles. The Morgan fingerprint density at radius 3 is 2.36 bits per heavy atom. The van der Waals surface area contributed by atoms with E-state index in [9.17, 15) is 0 Å². The maximum atomic E-state index is 5.47. The minimum atomic E-state index is 0.638. The van der Waals surface area contributed by atoms with Crippen molar-refractivity contribution in [3.05, 3.63) is 48.1 Å². The van der Waals surface area contributed by atoms with E-state index in [4.69, 9.17) is 4.74 Å². The fraction of sp³-hybridized carbons (Fsp3) is 0.231. The first kappa shape index (κ1) is 10.6. The van der Waals surface area contributed by atoms with Gasteiger partial charge in [-0.05, 0) is 31.5 Å². The van der Waals surface area contributed by atoms with Gasteiger partial charge >= 0.3 is 0 Å². The molecule has 0 radical (unpaired) electrons. The summed E-state index contributed by atoms with van der Waals surface area (Å²) in [4.78, 5) is 0. The minimum absolute atomic E-state index is 0.638. The lowest BCUT2D eigenvalue weighted by Crippen LogP contribution is -1.92. The molecule has 0 aliphatic rings. The Morgan fingerprint density at radius 1 is 1.07 bits per heavy atom. The van der Waals surface area contributed by atoms with E-state index in [1.807, 2.05) is 56.3 Å². The van der Waals surface area contributed by atoms with Crippen molar-refractivity contribution in [2.45, 2.75) is 13.8 Å². The van der Waals surface area contributed by atoms with E-state index in [0.29, 0.717) is 6.61 Å². The van der Waals surface area contributed by atoms with Crippen LogP contribution < -0.4 is 4.74 Å². The Morgan fingerprint density at radius 2 is 1.79 bits per heavy atom. The van der Waals surface area contributed by atoms with Crippen molar-refractivity contribution < 1.29 is 4.74 Å². The molecule has 1 nitrogen and oxygen atoms in total. The Balaban J connectivity index is 2.55. The highest BCUT2D eigenvalue weighted by molar-refractivity contribution is 5.50. The standard InChI is InChI=1S/C13H16O/c1-3-5-11-14-13-9-7-12(6-4-2)8-10-13/h3-10H,11H2,1-2H3. The van der Waals surface area contributed by atoms with Crippen LogP contribution in [0.25, 0.3) is 6.08 Å². The van der Waals surface area contributed by atoms with Gasteiger partial charge in [-0.15, -0.1) is 0 Å². The van der Waals surface area contributed by atoms with Crippen LogP contribution in [0.3, 0.4) is 0 Å². The molecule has 0 aliphatic heterocycles. The molecule has 0 aromatic heterocycles. The average Bonchev–Trinajstić information content (AvgIpc) is 2.21. The van der Waals surface area contributed by atoms with Gasteiger partial charge in [0, 0.05) is 0 Å². The van der Waals surface area contributed by atoms with Crippen LogP contribution in [0.2, 0.25) is 0 Å². The Hall–Kier alpha value is -1.50. The molecule has 0 heterocycles. The summed E-state index contributed by atoms with van der Waals surface area (Å²) in [6.45, 7) is 4.63. The summed E-state index contributed by atoms with van der Waals surface area (Å²) < 4.78 is 5.47. The Bertz CT molecular complexity index is 307. The molecule has 1 aromatic carbocycles. The van der Waals surface area contributed by atoms with E-state index in [1.165, 1.54) is 5.56 Å². The van der Waals surface area contributed by atoms with Crippen LogP contribution in [0, 0.1) is 0 Å². The number of ether oxygens (including phenoxy) is 1. The first-order valence-corrected chi connectivity index (χ1v) is 4.83. The normalized spacial score (nSPS) is 11.3. The van der Waals surface area contributed by atoms with Crippen LogP contribution >= 0.6 is 0 Å². The molecule has 0 spiro atoms. The van der Waals surface area contributed by atoms with Gasteiger partial charge < -0.3 is 4.74 Å². The molecule has 0 atom stereocenters. The van der Waals surface area contributed by atoms with Crippen LogP contribution in [-0.2, 0) is 0 Å². The van der Waals surface area contributed by atoms with Crippen molar-refractivity contribution in [2.75, 3.05) is 6.61 Å². The molecule has 0 N–H and O–H groups in total.